The van der Waals surface area contributed by atoms with Crippen molar-refractivity contribution in [3.8, 4) is 0 Å². The summed E-state index contributed by atoms with van der Waals surface area (Å²) in [5.41, 5.74) is 2.11. The van der Waals surface area contributed by atoms with E-state index in [1.54, 1.807) is 32.1 Å². The average Bonchev–Trinajstić information content (AvgIpc) is 3.04. The third kappa shape index (κ3) is 5.08. The number of anilines is 1. The predicted octanol–water partition coefficient (Wildman–Crippen LogP) is 4.75. The normalized spacial score (nSPS) is 13.3. The zero-order valence-electron chi connectivity index (χ0n) is 16.3. The van der Waals surface area contributed by atoms with Crippen molar-refractivity contribution in [2.45, 2.75) is 45.6 Å². The summed E-state index contributed by atoms with van der Waals surface area (Å²) in [6.07, 6.45) is 6.46. The Hall–Kier alpha value is -3.00. The van der Waals surface area contributed by atoms with Crippen LogP contribution in [-0.2, 0) is 22.4 Å². The van der Waals surface area contributed by atoms with Crippen LogP contribution in [-0.4, -0.2) is 22.9 Å². The molecule has 1 N–H and O–H groups in total. The van der Waals surface area contributed by atoms with Gasteiger partial charge >= 0.3 is 5.97 Å². The Kier molecular flexibility index (Phi) is 6.43. The molecule has 1 heterocycles. The van der Waals surface area contributed by atoms with E-state index in [1.807, 2.05) is 0 Å². The molecule has 8 heteroatoms. The fourth-order valence-electron chi connectivity index (χ4n) is 3.18. The number of benzene rings is 1. The molecule has 29 heavy (non-hydrogen) atoms. The number of amides is 1. The van der Waals surface area contributed by atoms with Gasteiger partial charge in [0.1, 0.15) is 5.00 Å². The number of nitrogens with one attached hydrogen (secondary N) is 1. The van der Waals surface area contributed by atoms with Gasteiger partial charge in [0.2, 0.25) is 5.91 Å². The molecule has 0 aliphatic heterocycles. The van der Waals surface area contributed by atoms with Gasteiger partial charge in [-0.25, -0.2) is 4.79 Å². The number of rotatable bonds is 6. The Morgan fingerprint density at radius 3 is 2.55 bits per heavy atom. The second-order valence-corrected chi connectivity index (χ2v) is 8.15. The van der Waals surface area contributed by atoms with Crippen molar-refractivity contribution in [1.29, 1.82) is 0 Å². The Bertz CT molecular complexity index is 960. The van der Waals surface area contributed by atoms with Gasteiger partial charge in [-0.15, -0.1) is 11.3 Å². The van der Waals surface area contributed by atoms with Crippen molar-refractivity contribution >= 4 is 40.0 Å². The molecule has 0 atom stereocenters. The number of nitrogens with zero attached hydrogens (tertiary/aromatic N) is 1. The summed E-state index contributed by atoms with van der Waals surface area (Å²) in [7, 11) is 0. The van der Waals surface area contributed by atoms with Crippen LogP contribution in [0, 0.1) is 10.1 Å². The summed E-state index contributed by atoms with van der Waals surface area (Å²) >= 11 is 1.43. The molecule has 0 saturated heterocycles. The predicted molar refractivity (Wildman–Crippen MR) is 112 cm³/mol. The molecule has 1 aromatic heterocycles. The molecule has 1 aliphatic rings. The second-order valence-electron chi connectivity index (χ2n) is 7.04. The molecule has 0 fully saturated rings. The molecule has 1 amide bonds. The molecule has 3 rings (SSSR count). The number of carbonyl (C=O) groups excluding carboxylic acids is 2. The molecule has 7 nitrogen and oxygen atoms in total. The zero-order chi connectivity index (χ0) is 21.0. The van der Waals surface area contributed by atoms with Crippen molar-refractivity contribution in [3.05, 3.63) is 62.0 Å². The largest absolute Gasteiger partial charge is 0.459 e. The van der Waals surface area contributed by atoms with E-state index in [-0.39, 0.29) is 17.7 Å². The van der Waals surface area contributed by atoms with Gasteiger partial charge in [-0.3, -0.25) is 14.9 Å². The molecule has 0 unspecified atom stereocenters. The number of aryl methyl sites for hydroxylation is 1. The van der Waals surface area contributed by atoms with Crippen LogP contribution < -0.4 is 5.32 Å². The van der Waals surface area contributed by atoms with Crippen LogP contribution in [0.15, 0.2) is 30.3 Å². The van der Waals surface area contributed by atoms with E-state index in [4.69, 9.17) is 4.74 Å². The Labute approximate surface area is 172 Å². The van der Waals surface area contributed by atoms with Gasteiger partial charge in [0.25, 0.3) is 5.69 Å². The fourth-order valence-corrected chi connectivity index (χ4v) is 4.46. The number of ether oxygens (including phenoxy) is 1. The second kappa shape index (κ2) is 9.00. The first-order chi connectivity index (χ1) is 13.8. The summed E-state index contributed by atoms with van der Waals surface area (Å²) in [5, 5.41) is 14.0. The number of non-ortho nitro benzene ring substituents is 1. The van der Waals surface area contributed by atoms with Gasteiger partial charge in [0.15, 0.2) is 0 Å². The third-order valence-corrected chi connectivity index (χ3v) is 5.69. The van der Waals surface area contributed by atoms with Crippen LogP contribution in [0.1, 0.15) is 53.1 Å². The van der Waals surface area contributed by atoms with Gasteiger partial charge in [-0.1, -0.05) is 0 Å². The van der Waals surface area contributed by atoms with Crippen molar-refractivity contribution < 1.29 is 19.2 Å². The first-order valence-corrected chi connectivity index (χ1v) is 10.3. The summed E-state index contributed by atoms with van der Waals surface area (Å²) in [6, 6.07) is 5.89. The third-order valence-electron chi connectivity index (χ3n) is 4.49. The highest BCUT2D eigenvalue weighted by Gasteiger charge is 2.27. The lowest BCUT2D eigenvalue weighted by Gasteiger charge is -2.14. The lowest BCUT2D eigenvalue weighted by atomic mass is 9.95. The monoisotopic (exact) mass is 414 g/mol. The molecule has 0 spiro atoms. The highest BCUT2D eigenvalue weighted by Crippen LogP contribution is 2.38. The summed E-state index contributed by atoms with van der Waals surface area (Å²) in [6.45, 7) is 3.59. The Balaban J connectivity index is 1.78. The van der Waals surface area contributed by atoms with Crippen molar-refractivity contribution in [1.82, 2.24) is 0 Å². The standard InChI is InChI=1S/C21H22N2O5S/c1-13(2)28-21(25)19-16-5-3-4-6-17(16)29-20(19)22-18(24)12-9-14-7-10-15(11-8-14)23(26)27/h7-13H,3-6H2,1-2H3,(H,22,24). The maximum absolute atomic E-state index is 12.6. The van der Waals surface area contributed by atoms with Crippen LogP contribution in [0.5, 0.6) is 0 Å². The number of carbonyl (C=O) groups is 2. The van der Waals surface area contributed by atoms with E-state index in [9.17, 15) is 19.7 Å². The van der Waals surface area contributed by atoms with Crippen LogP contribution in [0.4, 0.5) is 10.7 Å². The molecule has 0 bridgehead atoms. The van der Waals surface area contributed by atoms with Crippen molar-refractivity contribution in [2.75, 3.05) is 5.32 Å². The fraction of sp³-hybridized carbons (Fsp3) is 0.333. The van der Waals surface area contributed by atoms with E-state index in [1.165, 1.54) is 29.5 Å². The van der Waals surface area contributed by atoms with E-state index in [0.717, 1.165) is 36.1 Å². The molecule has 0 radical (unpaired) electrons. The van der Waals surface area contributed by atoms with Crippen LogP contribution in [0.2, 0.25) is 0 Å². The maximum atomic E-state index is 12.6. The summed E-state index contributed by atoms with van der Waals surface area (Å²) in [4.78, 5) is 36.4. The number of hydrogen-bond acceptors (Lipinski definition) is 6. The minimum absolute atomic E-state index is 0.0101. The number of thiophene rings is 1. The van der Waals surface area contributed by atoms with E-state index >= 15 is 0 Å². The van der Waals surface area contributed by atoms with Crippen LogP contribution in [0.25, 0.3) is 6.08 Å². The molecule has 1 aromatic carbocycles. The lowest BCUT2D eigenvalue weighted by Crippen LogP contribution is -2.17. The first kappa shape index (κ1) is 20.7. The Morgan fingerprint density at radius 2 is 1.90 bits per heavy atom. The van der Waals surface area contributed by atoms with Crippen LogP contribution >= 0.6 is 11.3 Å². The number of nitro benzene ring substituents is 1. The molecular weight excluding hydrogens is 392 g/mol. The molecule has 0 saturated carbocycles. The average molecular weight is 414 g/mol. The highest BCUT2D eigenvalue weighted by molar-refractivity contribution is 7.17. The summed E-state index contributed by atoms with van der Waals surface area (Å²) in [5.74, 6) is -0.783. The topological polar surface area (TPSA) is 98.5 Å². The van der Waals surface area contributed by atoms with Crippen molar-refractivity contribution in [2.24, 2.45) is 0 Å². The molecule has 2 aromatic rings. The minimum atomic E-state index is -0.476. The highest BCUT2D eigenvalue weighted by atomic mass is 32.1. The zero-order valence-corrected chi connectivity index (χ0v) is 17.1. The van der Waals surface area contributed by atoms with Crippen molar-refractivity contribution in [3.63, 3.8) is 0 Å². The number of fused-ring (bicyclic) bond motifs is 1. The van der Waals surface area contributed by atoms with Crippen LogP contribution in [0.3, 0.4) is 0 Å². The quantitative estimate of drug-likeness (QED) is 0.318. The minimum Gasteiger partial charge on any atom is -0.459 e. The number of nitro groups is 1. The SMILES string of the molecule is CC(C)OC(=O)c1c(NC(=O)C=Cc2ccc([N+](=O)[O-])cc2)sc2c1CCCC2. The van der Waals surface area contributed by atoms with Gasteiger partial charge in [0, 0.05) is 23.1 Å². The number of esters is 1. The van der Waals surface area contributed by atoms with Gasteiger partial charge in [-0.05, 0) is 68.9 Å². The molecule has 152 valence electrons. The van der Waals surface area contributed by atoms with Gasteiger partial charge < -0.3 is 10.1 Å². The maximum Gasteiger partial charge on any atom is 0.341 e. The number of hydrogen-bond donors (Lipinski definition) is 1. The van der Waals surface area contributed by atoms with E-state index in [2.05, 4.69) is 5.32 Å². The molecule has 1 aliphatic carbocycles. The van der Waals surface area contributed by atoms with E-state index in [0.29, 0.717) is 16.1 Å². The van der Waals surface area contributed by atoms with Gasteiger partial charge in [0.05, 0.1) is 16.6 Å². The Morgan fingerprint density at radius 1 is 1.21 bits per heavy atom. The van der Waals surface area contributed by atoms with E-state index < -0.39 is 10.9 Å². The summed E-state index contributed by atoms with van der Waals surface area (Å²) < 4.78 is 5.39. The van der Waals surface area contributed by atoms with Gasteiger partial charge in [-0.2, -0.15) is 0 Å². The smallest absolute Gasteiger partial charge is 0.341 e. The first-order valence-electron chi connectivity index (χ1n) is 9.44. The lowest BCUT2D eigenvalue weighted by molar-refractivity contribution is -0.384. The molecular formula is C21H22N2O5S.